The van der Waals surface area contributed by atoms with Crippen LogP contribution in [0.25, 0.3) is 0 Å². The lowest BCUT2D eigenvalue weighted by atomic mass is 10.0. The zero-order valence-corrected chi connectivity index (χ0v) is 13.1. The molecule has 0 saturated carbocycles. The molecule has 0 aliphatic rings. The van der Waals surface area contributed by atoms with Crippen LogP contribution in [0.4, 0.5) is 0 Å². The van der Waals surface area contributed by atoms with Crippen molar-refractivity contribution in [1.29, 1.82) is 0 Å². The molecule has 0 bridgehead atoms. The van der Waals surface area contributed by atoms with E-state index in [4.69, 9.17) is 0 Å². The van der Waals surface area contributed by atoms with Crippen molar-refractivity contribution in [2.45, 2.75) is 46.2 Å². The highest BCUT2D eigenvalue weighted by molar-refractivity contribution is 5.31. The largest absolute Gasteiger partial charge is 0.333 e. The zero-order chi connectivity index (χ0) is 14.7. The summed E-state index contributed by atoms with van der Waals surface area (Å²) in [5, 5.41) is 3.42. The van der Waals surface area contributed by atoms with Gasteiger partial charge in [-0.3, -0.25) is 0 Å². The van der Waals surface area contributed by atoms with E-state index in [1.165, 1.54) is 16.7 Å². The molecule has 2 rings (SSSR count). The van der Waals surface area contributed by atoms with Crippen LogP contribution in [-0.2, 0) is 6.54 Å². The van der Waals surface area contributed by atoms with Gasteiger partial charge in [-0.2, -0.15) is 0 Å². The Balaban J connectivity index is 2.24. The molecule has 2 aromatic rings. The Morgan fingerprint density at radius 1 is 1.20 bits per heavy atom. The Hall–Kier alpha value is -1.61. The van der Waals surface area contributed by atoms with E-state index in [9.17, 15) is 0 Å². The summed E-state index contributed by atoms with van der Waals surface area (Å²) in [7, 11) is 2.02. The molecule has 0 spiro atoms. The lowest BCUT2D eigenvalue weighted by molar-refractivity contribution is 0.481. The van der Waals surface area contributed by atoms with Crippen LogP contribution in [0, 0.1) is 13.8 Å². The first-order chi connectivity index (χ1) is 9.52. The molecule has 0 aliphatic carbocycles. The van der Waals surface area contributed by atoms with Gasteiger partial charge in [0.2, 0.25) is 0 Å². The number of imidazole rings is 1. The van der Waals surface area contributed by atoms with Crippen LogP contribution in [0.5, 0.6) is 0 Å². The third-order valence-electron chi connectivity index (χ3n) is 3.93. The van der Waals surface area contributed by atoms with Gasteiger partial charge in [0.1, 0.15) is 5.82 Å². The summed E-state index contributed by atoms with van der Waals surface area (Å²) in [6, 6.07) is 7.01. The molecule has 0 fully saturated rings. The number of likely N-dealkylation sites (N-methyl/N-ethyl adjacent to an activating group) is 1. The first-order valence-electron chi connectivity index (χ1n) is 7.28. The summed E-state index contributed by atoms with van der Waals surface area (Å²) >= 11 is 0. The predicted molar refractivity (Wildman–Crippen MR) is 84.0 cm³/mol. The van der Waals surface area contributed by atoms with Crippen molar-refractivity contribution in [1.82, 2.24) is 14.9 Å². The summed E-state index contributed by atoms with van der Waals surface area (Å²) in [6.07, 6.45) is 3.96. The van der Waals surface area contributed by atoms with Crippen molar-refractivity contribution in [2.75, 3.05) is 7.05 Å². The van der Waals surface area contributed by atoms with E-state index >= 15 is 0 Å². The quantitative estimate of drug-likeness (QED) is 0.900. The lowest BCUT2D eigenvalue weighted by Crippen LogP contribution is -2.23. The average Bonchev–Trinajstić information content (AvgIpc) is 2.87. The van der Waals surface area contributed by atoms with Gasteiger partial charge in [0.15, 0.2) is 0 Å². The molecule has 3 nitrogen and oxygen atoms in total. The SMILES string of the molecule is CNC(Cn1ccnc1C(C)C)c1ccc(C)c(C)c1. The van der Waals surface area contributed by atoms with Gasteiger partial charge < -0.3 is 9.88 Å². The molecule has 20 heavy (non-hydrogen) atoms. The summed E-state index contributed by atoms with van der Waals surface area (Å²) in [4.78, 5) is 4.46. The number of aromatic nitrogens is 2. The second-order valence-electron chi connectivity index (χ2n) is 5.78. The van der Waals surface area contributed by atoms with Crippen molar-refractivity contribution in [3.8, 4) is 0 Å². The molecular formula is C17H25N3. The minimum atomic E-state index is 0.306. The number of hydrogen-bond donors (Lipinski definition) is 1. The molecule has 1 aromatic carbocycles. The Morgan fingerprint density at radius 3 is 2.55 bits per heavy atom. The molecule has 0 radical (unpaired) electrons. The molecule has 1 atom stereocenters. The first kappa shape index (κ1) is 14.8. The van der Waals surface area contributed by atoms with Crippen molar-refractivity contribution in [3.05, 3.63) is 53.1 Å². The maximum Gasteiger partial charge on any atom is 0.111 e. The molecule has 0 saturated heterocycles. The van der Waals surface area contributed by atoms with Crippen molar-refractivity contribution >= 4 is 0 Å². The third kappa shape index (κ3) is 3.10. The van der Waals surface area contributed by atoms with Gasteiger partial charge in [-0.1, -0.05) is 32.0 Å². The Labute approximate surface area is 122 Å². The topological polar surface area (TPSA) is 29.9 Å². The first-order valence-corrected chi connectivity index (χ1v) is 7.28. The van der Waals surface area contributed by atoms with Gasteiger partial charge in [-0.05, 0) is 37.6 Å². The van der Waals surface area contributed by atoms with Gasteiger partial charge in [-0.25, -0.2) is 4.98 Å². The maximum atomic E-state index is 4.46. The Morgan fingerprint density at radius 2 is 1.95 bits per heavy atom. The molecule has 0 amide bonds. The van der Waals surface area contributed by atoms with Crippen molar-refractivity contribution in [2.24, 2.45) is 0 Å². The molecule has 1 aromatic heterocycles. The maximum absolute atomic E-state index is 4.46. The van der Waals surface area contributed by atoms with Crippen LogP contribution in [-0.4, -0.2) is 16.6 Å². The van der Waals surface area contributed by atoms with E-state index in [0.29, 0.717) is 12.0 Å². The molecular weight excluding hydrogens is 246 g/mol. The van der Waals surface area contributed by atoms with E-state index in [-0.39, 0.29) is 0 Å². The number of nitrogens with zero attached hydrogens (tertiary/aromatic N) is 2. The molecule has 108 valence electrons. The predicted octanol–water partition coefficient (Wildman–Crippen LogP) is 3.58. The third-order valence-corrected chi connectivity index (χ3v) is 3.93. The summed E-state index contributed by atoms with van der Waals surface area (Å²) in [5.74, 6) is 1.59. The summed E-state index contributed by atoms with van der Waals surface area (Å²) < 4.78 is 2.25. The van der Waals surface area contributed by atoms with Crippen LogP contribution < -0.4 is 5.32 Å². The van der Waals surface area contributed by atoms with Crippen LogP contribution in [0.1, 0.15) is 48.3 Å². The Kier molecular flexibility index (Phi) is 4.61. The van der Waals surface area contributed by atoms with E-state index in [0.717, 1.165) is 12.4 Å². The van der Waals surface area contributed by atoms with Crippen LogP contribution in [0.15, 0.2) is 30.6 Å². The monoisotopic (exact) mass is 271 g/mol. The van der Waals surface area contributed by atoms with Crippen molar-refractivity contribution in [3.63, 3.8) is 0 Å². The van der Waals surface area contributed by atoms with E-state index in [2.05, 4.69) is 67.0 Å². The molecule has 1 heterocycles. The molecule has 1 unspecified atom stereocenters. The van der Waals surface area contributed by atoms with Crippen LogP contribution in [0.3, 0.4) is 0 Å². The number of hydrogen-bond acceptors (Lipinski definition) is 2. The van der Waals surface area contributed by atoms with Gasteiger partial charge in [0, 0.05) is 30.9 Å². The van der Waals surface area contributed by atoms with Gasteiger partial charge in [0.05, 0.1) is 0 Å². The van der Waals surface area contributed by atoms with Crippen molar-refractivity contribution < 1.29 is 0 Å². The van der Waals surface area contributed by atoms with Gasteiger partial charge in [0.25, 0.3) is 0 Å². The second kappa shape index (κ2) is 6.23. The number of aryl methyl sites for hydroxylation is 2. The fourth-order valence-electron chi connectivity index (χ4n) is 2.52. The fourth-order valence-corrected chi connectivity index (χ4v) is 2.52. The zero-order valence-electron chi connectivity index (χ0n) is 13.1. The smallest absolute Gasteiger partial charge is 0.111 e. The van der Waals surface area contributed by atoms with Crippen LogP contribution >= 0.6 is 0 Å². The number of benzene rings is 1. The van der Waals surface area contributed by atoms with E-state index in [1.807, 2.05) is 13.2 Å². The standard InChI is InChI=1S/C17H25N3/c1-12(2)17-19-8-9-20(17)11-16(18-5)15-7-6-13(3)14(4)10-15/h6-10,12,16,18H,11H2,1-5H3. The summed E-state index contributed by atoms with van der Waals surface area (Å²) in [6.45, 7) is 9.60. The second-order valence-corrected chi connectivity index (χ2v) is 5.78. The minimum absolute atomic E-state index is 0.306. The van der Waals surface area contributed by atoms with Crippen LogP contribution in [0.2, 0.25) is 0 Å². The minimum Gasteiger partial charge on any atom is -0.333 e. The highest BCUT2D eigenvalue weighted by Crippen LogP contribution is 2.21. The molecule has 0 aliphatic heterocycles. The Bertz CT molecular complexity index is 569. The van der Waals surface area contributed by atoms with Gasteiger partial charge in [-0.15, -0.1) is 0 Å². The average molecular weight is 271 g/mol. The highest BCUT2D eigenvalue weighted by Gasteiger charge is 2.14. The van der Waals surface area contributed by atoms with E-state index < -0.39 is 0 Å². The highest BCUT2D eigenvalue weighted by atomic mass is 15.1. The molecule has 3 heteroatoms. The van der Waals surface area contributed by atoms with E-state index in [1.54, 1.807) is 0 Å². The molecule has 1 N–H and O–H groups in total. The number of rotatable bonds is 5. The lowest BCUT2D eigenvalue weighted by Gasteiger charge is -2.20. The summed E-state index contributed by atoms with van der Waals surface area (Å²) in [5.41, 5.74) is 4.02. The normalized spacial score (nSPS) is 12.9. The fraction of sp³-hybridized carbons (Fsp3) is 0.471. The number of nitrogens with one attached hydrogen (secondary N) is 1. The van der Waals surface area contributed by atoms with Gasteiger partial charge >= 0.3 is 0 Å².